The Labute approximate surface area is 112 Å². The molecule has 1 heterocycles. The number of carbonyl (C=O) groups excluding carboxylic acids is 2. The molecule has 106 valence electrons. The molecule has 0 saturated carbocycles. The van der Waals surface area contributed by atoms with Gasteiger partial charge in [-0.2, -0.15) is 0 Å². The van der Waals surface area contributed by atoms with Gasteiger partial charge in [0.25, 0.3) is 0 Å². The molecule has 0 aromatic rings. The molecule has 19 heavy (non-hydrogen) atoms. The fourth-order valence-electron chi connectivity index (χ4n) is 1.57. The Hall–Kier alpha value is -1.87. The Morgan fingerprint density at radius 1 is 1.21 bits per heavy atom. The van der Waals surface area contributed by atoms with E-state index in [1.807, 2.05) is 0 Å². The van der Waals surface area contributed by atoms with Gasteiger partial charge in [0.15, 0.2) is 5.97 Å². The summed E-state index contributed by atoms with van der Waals surface area (Å²) < 4.78 is 0. The molecule has 2 N–H and O–H groups in total. The first-order valence-electron chi connectivity index (χ1n) is 6.16. The highest BCUT2D eigenvalue weighted by atomic mass is 16.4. The first-order valence-corrected chi connectivity index (χ1v) is 6.16. The van der Waals surface area contributed by atoms with Crippen molar-refractivity contribution < 1.29 is 29.5 Å². The third-order valence-electron chi connectivity index (χ3n) is 2.55. The zero-order valence-electron chi connectivity index (χ0n) is 11.0. The maximum Gasteiger partial charge on any atom is 0.351 e. The Morgan fingerprint density at radius 2 is 1.74 bits per heavy atom. The summed E-state index contributed by atoms with van der Waals surface area (Å²) in [6.45, 7) is 5.15. The van der Waals surface area contributed by atoms with Crippen LogP contribution in [0.1, 0.15) is 32.6 Å². The van der Waals surface area contributed by atoms with Crippen LogP contribution >= 0.6 is 0 Å². The van der Waals surface area contributed by atoms with Crippen molar-refractivity contribution in [3.8, 4) is 11.8 Å². The molecule has 1 rings (SSSR count). The second-order valence-electron chi connectivity index (χ2n) is 4.28. The monoisotopic (exact) mass is 269 g/mol. The van der Waals surface area contributed by atoms with Crippen molar-refractivity contribution in [3.05, 3.63) is 0 Å². The summed E-state index contributed by atoms with van der Waals surface area (Å²) in [6, 6.07) is 0. The van der Waals surface area contributed by atoms with Gasteiger partial charge in [0.2, 0.25) is 0 Å². The van der Waals surface area contributed by atoms with Crippen molar-refractivity contribution in [3.63, 3.8) is 0 Å². The van der Waals surface area contributed by atoms with Crippen LogP contribution in [0.3, 0.4) is 0 Å². The molecule has 1 aliphatic rings. The van der Waals surface area contributed by atoms with Crippen LogP contribution in [0.25, 0.3) is 0 Å². The summed E-state index contributed by atoms with van der Waals surface area (Å²) in [5.41, 5.74) is 0. The summed E-state index contributed by atoms with van der Waals surface area (Å²) >= 11 is 0. The zero-order chi connectivity index (χ0) is 14.7. The van der Waals surface area contributed by atoms with E-state index in [1.54, 1.807) is 11.8 Å². The molecule has 6 heteroatoms. The fraction of sp³-hybridized carbons (Fsp3) is 0.615. The number of carbonyl (C=O) groups is 3. The van der Waals surface area contributed by atoms with Gasteiger partial charge in [0.05, 0.1) is 13.1 Å². The Morgan fingerprint density at radius 3 is 2.16 bits per heavy atom. The van der Waals surface area contributed by atoms with Crippen molar-refractivity contribution in [2.75, 3.05) is 19.6 Å². The molecule has 0 unspecified atom stereocenters. The molecular formula is C13H19NO5. The molecule has 0 aromatic heterocycles. The van der Waals surface area contributed by atoms with Gasteiger partial charge in [0.1, 0.15) is 12.3 Å². The number of aliphatic carboxylic acids is 2. The lowest BCUT2D eigenvalue weighted by Crippen LogP contribution is -3.09. The summed E-state index contributed by atoms with van der Waals surface area (Å²) in [4.78, 5) is 30.2. The first kappa shape index (κ1) is 17.1. The number of rotatable bonds is 3. The lowest BCUT2D eigenvalue weighted by molar-refractivity contribution is -0.879. The van der Waals surface area contributed by atoms with Crippen LogP contribution in [0, 0.1) is 11.8 Å². The van der Waals surface area contributed by atoms with Gasteiger partial charge in [-0.3, -0.25) is 4.79 Å². The van der Waals surface area contributed by atoms with Crippen molar-refractivity contribution in [1.82, 2.24) is 0 Å². The second kappa shape index (κ2) is 10.1. The Kier molecular flexibility index (Phi) is 9.10. The predicted octanol–water partition coefficient (Wildman–Crippen LogP) is -2.14. The van der Waals surface area contributed by atoms with Crippen LogP contribution in [-0.2, 0) is 14.4 Å². The number of carboxylic acid groups (broad SMARTS) is 2. The van der Waals surface area contributed by atoms with E-state index >= 15 is 0 Å². The summed E-state index contributed by atoms with van der Waals surface area (Å²) in [5.74, 6) is 2.42. The number of ketones is 1. The van der Waals surface area contributed by atoms with Crippen molar-refractivity contribution in [1.29, 1.82) is 0 Å². The summed E-state index contributed by atoms with van der Waals surface area (Å²) in [6.07, 6.45) is 4.06. The molecular weight excluding hydrogens is 250 g/mol. The molecule has 0 radical (unpaired) electrons. The molecule has 0 amide bonds. The highest BCUT2D eigenvalue weighted by Crippen LogP contribution is 1.88. The van der Waals surface area contributed by atoms with Gasteiger partial charge in [-0.25, -0.2) is 4.79 Å². The number of hydrogen-bond donors (Lipinski definition) is 2. The van der Waals surface area contributed by atoms with E-state index in [-0.39, 0.29) is 5.78 Å². The Balaban J connectivity index is 0.000000459. The molecule has 0 atom stereocenters. The van der Waals surface area contributed by atoms with E-state index in [2.05, 4.69) is 11.8 Å². The van der Waals surface area contributed by atoms with Crippen LogP contribution in [0.2, 0.25) is 0 Å². The van der Waals surface area contributed by atoms with Gasteiger partial charge < -0.3 is 19.9 Å². The lowest BCUT2D eigenvalue weighted by Gasteiger charge is -2.05. The number of likely N-dealkylation sites (tertiary alicyclic amines) is 1. The minimum atomic E-state index is -2.07. The second-order valence-corrected chi connectivity index (χ2v) is 4.28. The topological polar surface area (TPSA) is 98.9 Å². The van der Waals surface area contributed by atoms with E-state index < -0.39 is 11.9 Å². The standard InChI is InChI=1S/C11H17NO.C2H2O4/c1-11(13)7-3-2-4-8-12-9-5-6-10-12;3-1(4)2(5)6/h3,5-10H2,1H3;(H,3,4)(H,5,6). The minimum absolute atomic E-state index is 0.239. The van der Waals surface area contributed by atoms with Crippen molar-refractivity contribution in [2.24, 2.45) is 0 Å². The molecule has 1 fully saturated rings. The predicted molar refractivity (Wildman–Crippen MR) is 65.1 cm³/mol. The molecule has 0 bridgehead atoms. The molecule has 1 aliphatic heterocycles. The van der Waals surface area contributed by atoms with Crippen LogP contribution in [0.15, 0.2) is 0 Å². The third-order valence-corrected chi connectivity index (χ3v) is 2.55. The average Bonchev–Trinajstić information content (AvgIpc) is 2.82. The van der Waals surface area contributed by atoms with Crippen LogP contribution < -0.4 is 10.0 Å². The zero-order valence-corrected chi connectivity index (χ0v) is 11.0. The number of Topliss-reactive ketones (excluding diaryl/α,β-unsaturated/α-hetero) is 1. The van der Waals surface area contributed by atoms with Crippen molar-refractivity contribution >= 4 is 17.7 Å². The number of carboxylic acids is 2. The van der Waals surface area contributed by atoms with Gasteiger partial charge in [-0.05, 0) is 12.8 Å². The van der Waals surface area contributed by atoms with Gasteiger partial charge in [-0.15, -0.1) is 0 Å². The van der Waals surface area contributed by atoms with E-state index in [9.17, 15) is 4.79 Å². The van der Waals surface area contributed by atoms with E-state index in [0.29, 0.717) is 6.42 Å². The number of nitrogens with one attached hydrogen (secondary N) is 1. The van der Waals surface area contributed by atoms with Gasteiger partial charge >= 0.3 is 5.97 Å². The highest BCUT2D eigenvalue weighted by molar-refractivity contribution is 6.26. The third kappa shape index (κ3) is 11.0. The van der Waals surface area contributed by atoms with Gasteiger partial charge in [-0.1, -0.05) is 5.92 Å². The maximum absolute atomic E-state index is 10.6. The summed E-state index contributed by atoms with van der Waals surface area (Å²) in [5, 5.41) is 16.3. The van der Waals surface area contributed by atoms with Crippen molar-refractivity contribution in [2.45, 2.75) is 32.6 Å². The van der Waals surface area contributed by atoms with Crippen LogP contribution in [0.4, 0.5) is 0 Å². The lowest BCUT2D eigenvalue weighted by atomic mass is 10.2. The fourth-order valence-corrected chi connectivity index (χ4v) is 1.57. The molecule has 0 spiro atoms. The smallest absolute Gasteiger partial charge is 0.351 e. The quantitative estimate of drug-likeness (QED) is 0.450. The largest absolute Gasteiger partial charge is 0.539 e. The van der Waals surface area contributed by atoms with E-state index in [0.717, 1.165) is 13.0 Å². The number of hydrogen-bond acceptors (Lipinski definition) is 4. The highest BCUT2D eigenvalue weighted by Gasteiger charge is 2.12. The maximum atomic E-state index is 10.6. The van der Waals surface area contributed by atoms with Gasteiger partial charge in [0, 0.05) is 25.7 Å². The van der Waals surface area contributed by atoms with Crippen LogP contribution in [-0.4, -0.2) is 42.5 Å². The SMILES string of the molecule is CC(=O)CCC#CC[NH+]1CCCC1.O=C([O-])C(=O)O. The first-order chi connectivity index (χ1) is 8.93. The molecule has 0 aromatic carbocycles. The van der Waals surface area contributed by atoms with E-state index in [1.165, 1.54) is 25.9 Å². The molecule has 0 aliphatic carbocycles. The minimum Gasteiger partial charge on any atom is -0.539 e. The van der Waals surface area contributed by atoms with E-state index in [4.69, 9.17) is 19.8 Å². The van der Waals surface area contributed by atoms with Crippen LogP contribution in [0.5, 0.6) is 0 Å². The number of quaternary nitrogens is 1. The normalized spacial score (nSPS) is 13.7. The molecule has 1 saturated heterocycles. The Bertz CT molecular complexity index is 362. The average molecular weight is 269 g/mol. The summed E-state index contributed by atoms with van der Waals surface area (Å²) in [7, 11) is 0. The molecule has 6 nitrogen and oxygen atoms in total.